The van der Waals surface area contributed by atoms with Crippen molar-refractivity contribution in [1.82, 2.24) is 15.5 Å². The lowest BCUT2D eigenvalue weighted by Crippen LogP contribution is -2.24. The molecule has 2 aromatic rings. The predicted molar refractivity (Wildman–Crippen MR) is 65.6 cm³/mol. The van der Waals surface area contributed by atoms with E-state index < -0.39 is 23.3 Å². The van der Waals surface area contributed by atoms with Crippen LogP contribution >= 0.6 is 0 Å². The third-order valence-corrected chi connectivity index (χ3v) is 2.66. The van der Waals surface area contributed by atoms with Crippen LogP contribution in [0.2, 0.25) is 0 Å². The maximum absolute atomic E-state index is 12.7. The van der Waals surface area contributed by atoms with Crippen LogP contribution in [0.5, 0.6) is 0 Å². The SMILES string of the molecule is Nc1c(C(=O)NCc2cn[nH]c2)cccc1C(F)(F)F. The van der Waals surface area contributed by atoms with Gasteiger partial charge in [-0.3, -0.25) is 9.89 Å². The van der Waals surface area contributed by atoms with Gasteiger partial charge in [0.1, 0.15) is 0 Å². The normalized spacial score (nSPS) is 11.3. The zero-order valence-corrected chi connectivity index (χ0v) is 10.2. The Morgan fingerprint density at radius 1 is 1.40 bits per heavy atom. The molecule has 0 bridgehead atoms. The van der Waals surface area contributed by atoms with E-state index >= 15 is 0 Å². The Balaban J connectivity index is 2.18. The molecule has 2 rings (SSSR count). The van der Waals surface area contributed by atoms with Crippen molar-refractivity contribution in [2.24, 2.45) is 0 Å². The van der Waals surface area contributed by atoms with Gasteiger partial charge in [0.25, 0.3) is 5.91 Å². The summed E-state index contributed by atoms with van der Waals surface area (Å²) in [7, 11) is 0. The summed E-state index contributed by atoms with van der Waals surface area (Å²) in [4.78, 5) is 11.9. The maximum atomic E-state index is 12.7. The predicted octanol–water partition coefficient (Wildman–Crippen LogP) is 1.94. The summed E-state index contributed by atoms with van der Waals surface area (Å²) in [6, 6.07) is 3.23. The van der Waals surface area contributed by atoms with Crippen LogP contribution in [-0.4, -0.2) is 16.1 Å². The molecule has 1 aromatic heterocycles. The van der Waals surface area contributed by atoms with Crippen LogP contribution in [0, 0.1) is 0 Å². The van der Waals surface area contributed by atoms with Gasteiger partial charge in [-0.25, -0.2) is 0 Å². The van der Waals surface area contributed by atoms with Crippen molar-refractivity contribution < 1.29 is 18.0 Å². The molecular formula is C12H11F3N4O. The van der Waals surface area contributed by atoms with Crippen LogP contribution in [-0.2, 0) is 12.7 Å². The Labute approximate surface area is 112 Å². The van der Waals surface area contributed by atoms with Crippen LogP contribution in [0.1, 0.15) is 21.5 Å². The molecule has 20 heavy (non-hydrogen) atoms. The fraction of sp³-hybridized carbons (Fsp3) is 0.167. The topological polar surface area (TPSA) is 83.8 Å². The van der Waals surface area contributed by atoms with Gasteiger partial charge >= 0.3 is 6.18 Å². The standard InChI is InChI=1S/C12H11F3N4O/c13-12(14,15)9-3-1-2-8(10(9)16)11(20)17-4-7-5-18-19-6-7/h1-3,5-6H,4,16H2,(H,17,20)(H,18,19). The van der Waals surface area contributed by atoms with Crippen molar-refractivity contribution in [1.29, 1.82) is 0 Å². The number of nitrogen functional groups attached to an aromatic ring is 1. The fourth-order valence-corrected chi connectivity index (χ4v) is 1.66. The summed E-state index contributed by atoms with van der Waals surface area (Å²) >= 11 is 0. The highest BCUT2D eigenvalue weighted by atomic mass is 19.4. The number of halogens is 3. The number of carbonyl (C=O) groups is 1. The van der Waals surface area contributed by atoms with Crippen LogP contribution in [0.15, 0.2) is 30.6 Å². The van der Waals surface area contributed by atoms with E-state index in [9.17, 15) is 18.0 Å². The smallest absolute Gasteiger partial charge is 0.398 e. The summed E-state index contributed by atoms with van der Waals surface area (Å²) in [5, 5.41) is 8.72. The third-order valence-electron chi connectivity index (χ3n) is 2.66. The van der Waals surface area contributed by atoms with E-state index in [1.165, 1.54) is 12.3 Å². The van der Waals surface area contributed by atoms with Gasteiger partial charge < -0.3 is 11.1 Å². The molecule has 5 nitrogen and oxygen atoms in total. The van der Waals surface area contributed by atoms with Crippen molar-refractivity contribution in [2.75, 3.05) is 5.73 Å². The van der Waals surface area contributed by atoms with E-state index in [0.29, 0.717) is 5.56 Å². The average molecular weight is 284 g/mol. The summed E-state index contributed by atoms with van der Waals surface area (Å²) in [5.41, 5.74) is 4.31. The van der Waals surface area contributed by atoms with Crippen LogP contribution in [0.3, 0.4) is 0 Å². The van der Waals surface area contributed by atoms with Gasteiger partial charge in [-0.1, -0.05) is 6.07 Å². The largest absolute Gasteiger partial charge is 0.418 e. The first-order chi connectivity index (χ1) is 9.39. The highest BCUT2D eigenvalue weighted by Crippen LogP contribution is 2.34. The Morgan fingerprint density at radius 2 is 2.15 bits per heavy atom. The van der Waals surface area contributed by atoms with Crippen molar-refractivity contribution in [3.63, 3.8) is 0 Å². The van der Waals surface area contributed by atoms with Gasteiger partial charge in [0.2, 0.25) is 0 Å². The van der Waals surface area contributed by atoms with E-state index in [4.69, 9.17) is 5.73 Å². The number of H-pyrrole nitrogens is 1. The van der Waals surface area contributed by atoms with Crippen LogP contribution < -0.4 is 11.1 Å². The van der Waals surface area contributed by atoms with E-state index in [-0.39, 0.29) is 12.1 Å². The number of nitrogens with two attached hydrogens (primary N) is 1. The number of aromatic nitrogens is 2. The molecule has 4 N–H and O–H groups in total. The number of amides is 1. The minimum atomic E-state index is -4.59. The summed E-state index contributed by atoms with van der Waals surface area (Å²) < 4.78 is 38.0. The first kappa shape index (κ1) is 13.9. The van der Waals surface area contributed by atoms with Gasteiger partial charge in [-0.2, -0.15) is 18.3 Å². The highest BCUT2D eigenvalue weighted by molar-refractivity contribution is 5.99. The summed E-state index contributed by atoms with van der Waals surface area (Å²) in [6.07, 6.45) is -1.53. The van der Waals surface area contributed by atoms with Gasteiger partial charge in [0.15, 0.2) is 0 Å². The Morgan fingerprint density at radius 3 is 2.75 bits per heavy atom. The molecule has 0 aliphatic heterocycles. The second kappa shape index (κ2) is 5.24. The number of hydrogen-bond acceptors (Lipinski definition) is 3. The van der Waals surface area contributed by atoms with Gasteiger partial charge in [0, 0.05) is 18.3 Å². The molecule has 0 aliphatic carbocycles. The second-order valence-electron chi connectivity index (χ2n) is 4.05. The molecule has 0 atom stereocenters. The van der Waals surface area contributed by atoms with Gasteiger partial charge in [-0.05, 0) is 12.1 Å². The van der Waals surface area contributed by atoms with E-state index in [2.05, 4.69) is 15.5 Å². The number of para-hydroxylation sites is 1. The number of nitrogens with one attached hydrogen (secondary N) is 2. The van der Waals surface area contributed by atoms with Crippen molar-refractivity contribution in [2.45, 2.75) is 12.7 Å². The van der Waals surface area contributed by atoms with E-state index in [1.54, 1.807) is 6.20 Å². The first-order valence-electron chi connectivity index (χ1n) is 5.61. The van der Waals surface area contributed by atoms with E-state index in [0.717, 1.165) is 12.1 Å². The second-order valence-corrected chi connectivity index (χ2v) is 4.05. The number of hydrogen-bond donors (Lipinski definition) is 3. The average Bonchev–Trinajstić information content (AvgIpc) is 2.88. The van der Waals surface area contributed by atoms with Crippen molar-refractivity contribution in [3.8, 4) is 0 Å². The molecule has 1 aromatic carbocycles. The fourth-order valence-electron chi connectivity index (χ4n) is 1.66. The van der Waals surface area contributed by atoms with Crippen molar-refractivity contribution in [3.05, 3.63) is 47.3 Å². The van der Waals surface area contributed by atoms with Crippen LogP contribution in [0.4, 0.5) is 18.9 Å². The van der Waals surface area contributed by atoms with Crippen LogP contribution in [0.25, 0.3) is 0 Å². The number of carbonyl (C=O) groups excluding carboxylic acids is 1. The molecule has 106 valence electrons. The summed E-state index contributed by atoms with van der Waals surface area (Å²) in [6.45, 7) is 0.144. The Kier molecular flexibility index (Phi) is 3.64. The molecular weight excluding hydrogens is 273 g/mol. The molecule has 0 radical (unpaired) electrons. The molecule has 0 unspecified atom stereocenters. The number of alkyl halides is 3. The molecule has 1 amide bonds. The Bertz CT molecular complexity index is 608. The molecule has 0 aliphatic rings. The molecule has 0 saturated heterocycles. The first-order valence-corrected chi connectivity index (χ1v) is 5.61. The summed E-state index contributed by atoms with van der Waals surface area (Å²) in [5.74, 6) is -0.671. The van der Waals surface area contributed by atoms with Gasteiger partial charge in [-0.15, -0.1) is 0 Å². The lowest BCUT2D eigenvalue weighted by Gasteiger charge is -2.13. The zero-order valence-electron chi connectivity index (χ0n) is 10.2. The number of anilines is 1. The molecule has 1 heterocycles. The number of benzene rings is 1. The zero-order chi connectivity index (χ0) is 14.8. The monoisotopic (exact) mass is 284 g/mol. The van der Waals surface area contributed by atoms with Crippen molar-refractivity contribution >= 4 is 11.6 Å². The third kappa shape index (κ3) is 2.90. The molecule has 0 saturated carbocycles. The quantitative estimate of drug-likeness (QED) is 0.753. The molecule has 0 spiro atoms. The van der Waals surface area contributed by atoms with Gasteiger partial charge in [0.05, 0.1) is 23.0 Å². The minimum Gasteiger partial charge on any atom is -0.398 e. The van der Waals surface area contributed by atoms with E-state index in [1.807, 2.05) is 0 Å². The lowest BCUT2D eigenvalue weighted by molar-refractivity contribution is -0.136. The minimum absolute atomic E-state index is 0.144. The molecule has 0 fully saturated rings. The highest BCUT2D eigenvalue weighted by Gasteiger charge is 2.34. The number of nitrogens with zero attached hydrogens (tertiary/aromatic N) is 1. The molecule has 8 heteroatoms. The number of aromatic amines is 1. The number of rotatable bonds is 3. The lowest BCUT2D eigenvalue weighted by atomic mass is 10.1. The Hall–Kier alpha value is -2.51. The maximum Gasteiger partial charge on any atom is 0.418 e.